The van der Waals surface area contributed by atoms with Crippen LogP contribution >= 0.6 is 0 Å². The van der Waals surface area contributed by atoms with Gasteiger partial charge in [-0.25, -0.2) is 4.79 Å². The smallest absolute Gasteiger partial charge is 0.319 e. The number of nitrogens with zero attached hydrogens (tertiary/aromatic N) is 1. The Hall–Kier alpha value is -3.08. The van der Waals surface area contributed by atoms with E-state index in [2.05, 4.69) is 15.6 Å². The van der Waals surface area contributed by atoms with Gasteiger partial charge in [0.2, 0.25) is 0 Å². The molecule has 2 amide bonds. The Balaban J connectivity index is 1.52. The van der Waals surface area contributed by atoms with Crippen LogP contribution in [-0.2, 0) is 0 Å². The maximum atomic E-state index is 12.1. The summed E-state index contributed by atoms with van der Waals surface area (Å²) in [6, 6.07) is 15.3. The quantitative estimate of drug-likeness (QED) is 0.691. The number of carbonyl (C=O) groups is 1. The van der Waals surface area contributed by atoms with Crippen LogP contribution in [0.1, 0.15) is 11.1 Å². The van der Waals surface area contributed by atoms with Gasteiger partial charge in [0, 0.05) is 11.6 Å². The van der Waals surface area contributed by atoms with Crippen molar-refractivity contribution in [3.05, 3.63) is 65.9 Å². The second kappa shape index (κ2) is 7.66. The van der Waals surface area contributed by atoms with Crippen LogP contribution in [0.4, 0.5) is 10.5 Å². The molecule has 5 heteroatoms. The number of amides is 2. The van der Waals surface area contributed by atoms with Gasteiger partial charge in [-0.15, -0.1) is 0 Å². The summed E-state index contributed by atoms with van der Waals surface area (Å²) in [5.41, 5.74) is 3.68. The van der Waals surface area contributed by atoms with E-state index in [0.29, 0.717) is 18.8 Å². The van der Waals surface area contributed by atoms with Crippen LogP contribution in [0.25, 0.3) is 10.9 Å². The molecule has 0 spiro atoms. The van der Waals surface area contributed by atoms with Crippen molar-refractivity contribution in [3.8, 4) is 5.75 Å². The highest BCUT2D eigenvalue weighted by Gasteiger charge is 2.06. The molecule has 3 rings (SSSR count). The summed E-state index contributed by atoms with van der Waals surface area (Å²) in [5, 5.41) is 6.62. The summed E-state index contributed by atoms with van der Waals surface area (Å²) >= 11 is 0. The van der Waals surface area contributed by atoms with Gasteiger partial charge in [-0.3, -0.25) is 4.98 Å². The standard InChI is InChI=1S/C20H21N3O2/c1-14-8-9-15(2)18(13-14)25-12-11-22-20(24)23-17-7-3-5-16-6-4-10-21-19(16)17/h3-10,13H,11-12H2,1-2H3,(H2,22,23,24). The number of hydrogen-bond acceptors (Lipinski definition) is 3. The van der Waals surface area contributed by atoms with Crippen molar-refractivity contribution in [3.63, 3.8) is 0 Å². The summed E-state index contributed by atoms with van der Waals surface area (Å²) in [6.07, 6.45) is 1.71. The second-order valence-corrected chi connectivity index (χ2v) is 5.88. The number of para-hydroxylation sites is 1. The summed E-state index contributed by atoms with van der Waals surface area (Å²) in [5.74, 6) is 0.848. The first-order chi connectivity index (χ1) is 12.1. The molecule has 1 aromatic heterocycles. The molecule has 0 radical (unpaired) electrons. The first-order valence-corrected chi connectivity index (χ1v) is 8.22. The first kappa shape index (κ1) is 16.8. The van der Waals surface area contributed by atoms with Gasteiger partial charge in [-0.2, -0.15) is 0 Å². The zero-order valence-corrected chi connectivity index (χ0v) is 14.4. The van der Waals surface area contributed by atoms with Crippen molar-refractivity contribution in [2.24, 2.45) is 0 Å². The Morgan fingerprint density at radius 3 is 2.84 bits per heavy atom. The van der Waals surface area contributed by atoms with Crippen LogP contribution in [0.15, 0.2) is 54.7 Å². The molecule has 0 aliphatic rings. The number of ether oxygens (including phenoxy) is 1. The van der Waals surface area contributed by atoms with Crippen molar-refractivity contribution < 1.29 is 9.53 Å². The molecule has 0 unspecified atom stereocenters. The Labute approximate surface area is 147 Å². The van der Waals surface area contributed by atoms with Gasteiger partial charge in [-0.1, -0.05) is 30.3 Å². The lowest BCUT2D eigenvalue weighted by Gasteiger charge is -2.12. The number of nitrogens with one attached hydrogen (secondary N) is 2. The molecule has 25 heavy (non-hydrogen) atoms. The highest BCUT2D eigenvalue weighted by molar-refractivity contribution is 5.99. The van der Waals surface area contributed by atoms with E-state index in [4.69, 9.17) is 4.74 Å². The van der Waals surface area contributed by atoms with Crippen LogP contribution in [-0.4, -0.2) is 24.2 Å². The molecule has 2 N–H and O–H groups in total. The molecular formula is C20H21N3O2. The van der Waals surface area contributed by atoms with E-state index in [9.17, 15) is 4.79 Å². The number of aromatic nitrogens is 1. The third-order valence-corrected chi connectivity index (χ3v) is 3.87. The lowest BCUT2D eigenvalue weighted by atomic mass is 10.1. The number of carbonyl (C=O) groups excluding carboxylic acids is 1. The molecule has 1 heterocycles. The Kier molecular flexibility index (Phi) is 5.14. The molecule has 0 aliphatic heterocycles. The van der Waals surface area contributed by atoms with E-state index in [1.54, 1.807) is 6.20 Å². The highest BCUT2D eigenvalue weighted by Crippen LogP contribution is 2.20. The van der Waals surface area contributed by atoms with Crippen molar-refractivity contribution in [1.82, 2.24) is 10.3 Å². The van der Waals surface area contributed by atoms with Gasteiger partial charge in [0.1, 0.15) is 12.4 Å². The molecule has 0 saturated heterocycles. The lowest BCUT2D eigenvalue weighted by Crippen LogP contribution is -2.32. The number of anilines is 1. The molecular weight excluding hydrogens is 314 g/mol. The van der Waals surface area contributed by atoms with Gasteiger partial charge >= 0.3 is 6.03 Å². The van der Waals surface area contributed by atoms with E-state index in [-0.39, 0.29) is 6.03 Å². The third-order valence-electron chi connectivity index (χ3n) is 3.87. The van der Waals surface area contributed by atoms with Crippen LogP contribution < -0.4 is 15.4 Å². The Bertz CT molecular complexity index is 888. The van der Waals surface area contributed by atoms with Crippen LogP contribution in [0.2, 0.25) is 0 Å². The number of benzene rings is 2. The van der Waals surface area contributed by atoms with Gasteiger partial charge in [-0.05, 0) is 43.2 Å². The number of rotatable bonds is 5. The number of urea groups is 1. The fraction of sp³-hybridized carbons (Fsp3) is 0.200. The topological polar surface area (TPSA) is 63.2 Å². The number of pyridine rings is 1. The first-order valence-electron chi connectivity index (χ1n) is 8.22. The molecule has 128 valence electrons. The minimum atomic E-state index is -0.275. The predicted molar refractivity (Wildman–Crippen MR) is 100 cm³/mol. The summed E-state index contributed by atoms with van der Waals surface area (Å²) in [7, 11) is 0. The average molecular weight is 335 g/mol. The van der Waals surface area contributed by atoms with Gasteiger partial charge in [0.05, 0.1) is 17.7 Å². The Morgan fingerprint density at radius 2 is 1.96 bits per heavy atom. The van der Waals surface area contributed by atoms with E-state index in [1.165, 1.54) is 0 Å². The van der Waals surface area contributed by atoms with Crippen molar-refractivity contribution >= 4 is 22.6 Å². The lowest BCUT2D eigenvalue weighted by molar-refractivity contribution is 0.247. The van der Waals surface area contributed by atoms with Crippen LogP contribution in [0.3, 0.4) is 0 Å². The molecule has 0 bridgehead atoms. The fourth-order valence-corrected chi connectivity index (χ4v) is 2.56. The van der Waals surface area contributed by atoms with E-state index >= 15 is 0 Å². The SMILES string of the molecule is Cc1ccc(C)c(OCCNC(=O)Nc2cccc3cccnc23)c1. The molecule has 3 aromatic rings. The fourth-order valence-electron chi connectivity index (χ4n) is 2.56. The van der Waals surface area contributed by atoms with Gasteiger partial charge in [0.25, 0.3) is 0 Å². The zero-order chi connectivity index (χ0) is 17.6. The maximum Gasteiger partial charge on any atom is 0.319 e. The average Bonchev–Trinajstić information content (AvgIpc) is 2.62. The van der Waals surface area contributed by atoms with E-state index in [0.717, 1.165) is 27.8 Å². The third kappa shape index (κ3) is 4.26. The molecule has 0 fully saturated rings. The van der Waals surface area contributed by atoms with Crippen molar-refractivity contribution in [2.45, 2.75) is 13.8 Å². The van der Waals surface area contributed by atoms with E-state index in [1.807, 2.05) is 62.4 Å². The molecule has 0 aliphatic carbocycles. The molecule has 0 atom stereocenters. The van der Waals surface area contributed by atoms with Crippen LogP contribution in [0.5, 0.6) is 5.75 Å². The molecule has 2 aromatic carbocycles. The van der Waals surface area contributed by atoms with E-state index < -0.39 is 0 Å². The zero-order valence-electron chi connectivity index (χ0n) is 14.4. The van der Waals surface area contributed by atoms with Crippen molar-refractivity contribution in [1.29, 1.82) is 0 Å². The maximum absolute atomic E-state index is 12.1. The highest BCUT2D eigenvalue weighted by atomic mass is 16.5. The largest absolute Gasteiger partial charge is 0.491 e. The predicted octanol–water partition coefficient (Wildman–Crippen LogP) is 4.05. The number of hydrogen-bond donors (Lipinski definition) is 2. The van der Waals surface area contributed by atoms with Gasteiger partial charge in [0.15, 0.2) is 0 Å². The Morgan fingerprint density at radius 1 is 1.12 bits per heavy atom. The van der Waals surface area contributed by atoms with Gasteiger partial charge < -0.3 is 15.4 Å². The molecule has 5 nitrogen and oxygen atoms in total. The monoisotopic (exact) mass is 335 g/mol. The summed E-state index contributed by atoms with van der Waals surface area (Å²) in [6.45, 7) is 4.85. The minimum absolute atomic E-state index is 0.275. The minimum Gasteiger partial charge on any atom is -0.491 e. The normalized spacial score (nSPS) is 10.5. The molecule has 0 saturated carbocycles. The summed E-state index contributed by atoms with van der Waals surface area (Å²) < 4.78 is 5.73. The summed E-state index contributed by atoms with van der Waals surface area (Å²) in [4.78, 5) is 16.4. The van der Waals surface area contributed by atoms with Crippen LogP contribution in [0, 0.1) is 13.8 Å². The second-order valence-electron chi connectivity index (χ2n) is 5.88. The number of aryl methyl sites for hydroxylation is 2. The van der Waals surface area contributed by atoms with Crippen molar-refractivity contribution in [2.75, 3.05) is 18.5 Å². The number of fused-ring (bicyclic) bond motifs is 1.